The Morgan fingerprint density at radius 2 is 1.52 bits per heavy atom. The molecule has 2 aromatic carbocycles. The second kappa shape index (κ2) is 8.43. The lowest BCUT2D eigenvalue weighted by Gasteiger charge is -2.20. The second-order valence-electron chi connectivity index (χ2n) is 7.06. The minimum atomic E-state index is -1.05. The summed E-state index contributed by atoms with van der Waals surface area (Å²) in [5, 5.41) is 5.78. The molecule has 7 nitrogen and oxygen atoms in total. The van der Waals surface area contributed by atoms with Crippen molar-refractivity contribution in [3.05, 3.63) is 48.0 Å². The lowest BCUT2D eigenvalue weighted by molar-refractivity contribution is -0.134. The highest BCUT2D eigenvalue weighted by Gasteiger charge is 2.56. The molecule has 2 aromatic rings. The van der Waals surface area contributed by atoms with Gasteiger partial charge in [0.2, 0.25) is 17.6 Å². The summed E-state index contributed by atoms with van der Waals surface area (Å²) >= 11 is 0. The van der Waals surface area contributed by atoms with Crippen LogP contribution in [-0.2, 0) is 9.59 Å². The fraction of sp³-hybridized carbons (Fsp3) is 0.364. The summed E-state index contributed by atoms with van der Waals surface area (Å²) in [5.41, 5.74) is 0.407. The molecule has 1 unspecified atom stereocenters. The maximum atomic E-state index is 12.9. The Bertz CT molecular complexity index is 868. The summed E-state index contributed by atoms with van der Waals surface area (Å²) in [6, 6.07) is 12.7. The van der Waals surface area contributed by atoms with Gasteiger partial charge in [-0.05, 0) is 25.3 Å². The molecule has 0 aromatic heterocycles. The van der Waals surface area contributed by atoms with Crippen LogP contribution in [0.15, 0.2) is 42.5 Å². The number of methoxy groups -OCH3 is 3. The third kappa shape index (κ3) is 4.13. The molecule has 1 atom stereocenters. The van der Waals surface area contributed by atoms with E-state index in [4.69, 9.17) is 14.2 Å². The van der Waals surface area contributed by atoms with Gasteiger partial charge in [0.1, 0.15) is 5.41 Å². The molecule has 1 fully saturated rings. The Hall–Kier alpha value is -3.22. The molecule has 0 saturated heterocycles. The first-order valence-electron chi connectivity index (χ1n) is 9.42. The fourth-order valence-corrected chi connectivity index (χ4v) is 3.25. The molecule has 0 aliphatic heterocycles. The maximum absolute atomic E-state index is 12.9. The summed E-state index contributed by atoms with van der Waals surface area (Å²) in [5.74, 6) is 0.676. The van der Waals surface area contributed by atoms with Crippen LogP contribution in [0.3, 0.4) is 0 Å². The van der Waals surface area contributed by atoms with Crippen LogP contribution in [0.4, 0.5) is 5.69 Å². The highest BCUT2D eigenvalue weighted by atomic mass is 16.5. The van der Waals surface area contributed by atoms with E-state index in [-0.39, 0.29) is 17.9 Å². The second-order valence-corrected chi connectivity index (χ2v) is 7.06. The monoisotopic (exact) mass is 398 g/mol. The highest BCUT2D eigenvalue weighted by Crippen LogP contribution is 2.48. The lowest BCUT2D eigenvalue weighted by Crippen LogP contribution is -2.41. The van der Waals surface area contributed by atoms with Crippen molar-refractivity contribution in [2.24, 2.45) is 5.41 Å². The molecule has 0 heterocycles. The summed E-state index contributed by atoms with van der Waals surface area (Å²) < 4.78 is 15.9. The zero-order valence-electron chi connectivity index (χ0n) is 17.1. The first-order valence-corrected chi connectivity index (χ1v) is 9.42. The van der Waals surface area contributed by atoms with E-state index in [2.05, 4.69) is 10.6 Å². The van der Waals surface area contributed by atoms with Gasteiger partial charge in [0.15, 0.2) is 11.5 Å². The SMILES string of the molecule is COc1cc(NC(=O)C2(C(=O)NC(C)c3ccccc3)CC2)cc(OC)c1OC. The smallest absolute Gasteiger partial charge is 0.240 e. The zero-order chi connectivity index (χ0) is 21.0. The molecule has 0 spiro atoms. The molecule has 2 amide bonds. The van der Waals surface area contributed by atoms with E-state index in [1.54, 1.807) is 12.1 Å². The Balaban J connectivity index is 1.74. The van der Waals surface area contributed by atoms with Crippen molar-refractivity contribution in [1.82, 2.24) is 5.32 Å². The van der Waals surface area contributed by atoms with Crippen molar-refractivity contribution in [3.63, 3.8) is 0 Å². The lowest BCUT2D eigenvalue weighted by atomic mass is 10.0. The van der Waals surface area contributed by atoms with E-state index in [1.165, 1.54) is 21.3 Å². The molecule has 1 aliphatic carbocycles. The van der Waals surface area contributed by atoms with Gasteiger partial charge in [0.25, 0.3) is 0 Å². The normalized spacial score (nSPS) is 15.0. The van der Waals surface area contributed by atoms with Gasteiger partial charge < -0.3 is 24.8 Å². The number of amides is 2. The molecule has 154 valence electrons. The number of hydrogen-bond acceptors (Lipinski definition) is 5. The van der Waals surface area contributed by atoms with E-state index in [0.717, 1.165) is 5.56 Å². The zero-order valence-corrected chi connectivity index (χ0v) is 17.1. The van der Waals surface area contributed by atoms with Crippen LogP contribution in [0, 0.1) is 5.41 Å². The first kappa shape index (κ1) is 20.5. The molecule has 0 radical (unpaired) electrons. The predicted octanol–water partition coefficient (Wildman–Crippen LogP) is 3.31. The molecular weight excluding hydrogens is 372 g/mol. The van der Waals surface area contributed by atoms with E-state index in [9.17, 15) is 9.59 Å². The number of carbonyl (C=O) groups excluding carboxylic acids is 2. The fourth-order valence-electron chi connectivity index (χ4n) is 3.25. The van der Waals surface area contributed by atoms with Crippen LogP contribution in [0.25, 0.3) is 0 Å². The largest absolute Gasteiger partial charge is 0.493 e. The van der Waals surface area contributed by atoms with Crippen molar-refractivity contribution in [3.8, 4) is 17.2 Å². The van der Waals surface area contributed by atoms with Crippen LogP contribution < -0.4 is 24.8 Å². The van der Waals surface area contributed by atoms with Gasteiger partial charge >= 0.3 is 0 Å². The van der Waals surface area contributed by atoms with Crippen molar-refractivity contribution < 1.29 is 23.8 Å². The van der Waals surface area contributed by atoms with Crippen molar-refractivity contribution >= 4 is 17.5 Å². The van der Waals surface area contributed by atoms with Gasteiger partial charge in [0, 0.05) is 17.8 Å². The van der Waals surface area contributed by atoms with Crippen LogP contribution in [0.2, 0.25) is 0 Å². The number of anilines is 1. The summed E-state index contributed by atoms with van der Waals surface area (Å²) in [6.07, 6.45) is 1.02. The topological polar surface area (TPSA) is 85.9 Å². The molecule has 29 heavy (non-hydrogen) atoms. The Kier molecular flexibility index (Phi) is 5.96. The maximum Gasteiger partial charge on any atom is 0.240 e. The third-order valence-electron chi connectivity index (χ3n) is 5.19. The predicted molar refractivity (Wildman–Crippen MR) is 109 cm³/mol. The van der Waals surface area contributed by atoms with E-state index >= 15 is 0 Å². The van der Waals surface area contributed by atoms with E-state index in [1.807, 2.05) is 37.3 Å². The van der Waals surface area contributed by atoms with Gasteiger partial charge in [-0.2, -0.15) is 0 Å². The summed E-state index contributed by atoms with van der Waals surface area (Å²) in [6.45, 7) is 1.90. The van der Waals surface area contributed by atoms with Crippen LogP contribution in [0.5, 0.6) is 17.2 Å². The highest BCUT2D eigenvalue weighted by molar-refractivity contribution is 6.13. The van der Waals surface area contributed by atoms with Crippen LogP contribution in [0.1, 0.15) is 31.4 Å². The Labute approximate surface area is 170 Å². The molecular formula is C22H26N2O5. The number of rotatable bonds is 8. The van der Waals surface area contributed by atoms with Gasteiger partial charge in [-0.3, -0.25) is 9.59 Å². The molecule has 7 heteroatoms. The number of hydrogen-bond donors (Lipinski definition) is 2. The molecule has 1 saturated carbocycles. The van der Waals surface area contributed by atoms with Crippen LogP contribution in [-0.4, -0.2) is 33.1 Å². The number of ether oxygens (including phenoxy) is 3. The Morgan fingerprint density at radius 3 is 2.00 bits per heavy atom. The quantitative estimate of drug-likeness (QED) is 0.667. The Morgan fingerprint density at radius 1 is 0.931 bits per heavy atom. The number of nitrogens with one attached hydrogen (secondary N) is 2. The summed E-state index contributed by atoms with van der Waals surface area (Å²) in [4.78, 5) is 25.8. The van der Waals surface area contributed by atoms with E-state index in [0.29, 0.717) is 35.8 Å². The molecule has 0 bridgehead atoms. The molecule has 3 rings (SSSR count). The third-order valence-corrected chi connectivity index (χ3v) is 5.19. The minimum absolute atomic E-state index is 0.185. The molecule has 1 aliphatic rings. The molecule has 2 N–H and O–H groups in total. The first-order chi connectivity index (χ1) is 13.9. The average Bonchev–Trinajstić information content (AvgIpc) is 3.55. The van der Waals surface area contributed by atoms with Crippen molar-refractivity contribution in [2.75, 3.05) is 26.6 Å². The van der Waals surface area contributed by atoms with E-state index < -0.39 is 5.41 Å². The van der Waals surface area contributed by atoms with Crippen LogP contribution >= 0.6 is 0 Å². The van der Waals surface area contributed by atoms with Gasteiger partial charge in [-0.1, -0.05) is 30.3 Å². The number of carbonyl (C=O) groups is 2. The number of benzene rings is 2. The van der Waals surface area contributed by atoms with Crippen molar-refractivity contribution in [1.29, 1.82) is 0 Å². The standard InChI is InChI=1S/C22H26N2O5/c1-14(15-8-6-5-7-9-15)23-20(25)22(10-11-22)21(26)24-16-12-17(27-2)19(29-4)18(13-16)28-3/h5-9,12-14H,10-11H2,1-4H3,(H,23,25)(H,24,26). The van der Waals surface area contributed by atoms with Gasteiger partial charge in [-0.15, -0.1) is 0 Å². The minimum Gasteiger partial charge on any atom is -0.493 e. The van der Waals surface area contributed by atoms with Gasteiger partial charge in [-0.25, -0.2) is 0 Å². The van der Waals surface area contributed by atoms with Crippen molar-refractivity contribution in [2.45, 2.75) is 25.8 Å². The average molecular weight is 398 g/mol. The van der Waals surface area contributed by atoms with Gasteiger partial charge in [0.05, 0.1) is 27.4 Å². The summed E-state index contributed by atoms with van der Waals surface area (Å²) in [7, 11) is 4.52.